The summed E-state index contributed by atoms with van der Waals surface area (Å²) in [5.41, 5.74) is 11.8. The second-order valence-electron chi connectivity index (χ2n) is 5.11. The van der Waals surface area contributed by atoms with Crippen molar-refractivity contribution in [2.75, 3.05) is 0 Å². The number of aromatic nitrogens is 2. The minimum Gasteiger partial charge on any atom is -0.324 e. The second kappa shape index (κ2) is 5.35. The molecule has 0 fully saturated rings. The molecule has 2 aromatic rings. The van der Waals surface area contributed by atoms with Crippen molar-refractivity contribution in [1.82, 2.24) is 9.78 Å². The third-order valence-corrected chi connectivity index (χ3v) is 3.94. The van der Waals surface area contributed by atoms with Crippen LogP contribution >= 0.6 is 11.6 Å². The van der Waals surface area contributed by atoms with Gasteiger partial charge in [-0.25, -0.2) is 0 Å². The molecule has 3 nitrogen and oxygen atoms in total. The van der Waals surface area contributed by atoms with Crippen LogP contribution in [0.3, 0.4) is 0 Å². The number of rotatable bonds is 3. The number of benzene rings is 1. The lowest BCUT2D eigenvalue weighted by molar-refractivity contribution is 0.700. The van der Waals surface area contributed by atoms with Gasteiger partial charge in [-0.2, -0.15) is 5.10 Å². The minimum absolute atomic E-state index is 0.0751. The Morgan fingerprint density at radius 2 is 2.00 bits per heavy atom. The Morgan fingerprint density at radius 3 is 2.53 bits per heavy atom. The van der Waals surface area contributed by atoms with Gasteiger partial charge in [0.05, 0.1) is 5.69 Å². The predicted molar refractivity (Wildman–Crippen MR) is 79.5 cm³/mol. The van der Waals surface area contributed by atoms with E-state index in [1.807, 2.05) is 38.6 Å². The molecule has 4 heteroatoms. The number of hydrogen-bond donors (Lipinski definition) is 1. The van der Waals surface area contributed by atoms with E-state index in [1.165, 1.54) is 0 Å². The summed E-state index contributed by atoms with van der Waals surface area (Å²) < 4.78 is 1.88. The average molecular weight is 278 g/mol. The molecule has 0 spiro atoms. The molecular weight excluding hydrogens is 258 g/mol. The molecule has 0 amide bonds. The molecule has 2 rings (SSSR count). The van der Waals surface area contributed by atoms with Gasteiger partial charge in [0.25, 0.3) is 0 Å². The van der Waals surface area contributed by atoms with E-state index in [4.69, 9.17) is 17.3 Å². The van der Waals surface area contributed by atoms with E-state index < -0.39 is 0 Å². The van der Waals surface area contributed by atoms with Crippen molar-refractivity contribution in [1.29, 1.82) is 0 Å². The number of hydrogen-bond acceptors (Lipinski definition) is 2. The van der Waals surface area contributed by atoms with E-state index in [0.717, 1.165) is 39.5 Å². The molecule has 2 N–H and O–H groups in total. The topological polar surface area (TPSA) is 43.8 Å². The van der Waals surface area contributed by atoms with E-state index in [9.17, 15) is 0 Å². The zero-order chi connectivity index (χ0) is 14.2. The number of halogens is 1. The van der Waals surface area contributed by atoms with Gasteiger partial charge >= 0.3 is 0 Å². The Labute approximate surface area is 119 Å². The fourth-order valence-corrected chi connectivity index (χ4v) is 2.80. The molecule has 1 atom stereocenters. The summed E-state index contributed by atoms with van der Waals surface area (Å²) in [6.07, 6.45) is 0.729. The Hall–Kier alpha value is -1.32. The van der Waals surface area contributed by atoms with Crippen molar-refractivity contribution in [2.24, 2.45) is 12.8 Å². The quantitative estimate of drug-likeness (QED) is 0.936. The molecular formula is C15H20ClN3. The third kappa shape index (κ3) is 2.82. The Bertz CT molecular complexity index is 602. The van der Waals surface area contributed by atoms with Crippen LogP contribution < -0.4 is 5.73 Å². The van der Waals surface area contributed by atoms with Gasteiger partial charge in [0.2, 0.25) is 0 Å². The van der Waals surface area contributed by atoms with Crippen molar-refractivity contribution in [3.63, 3.8) is 0 Å². The van der Waals surface area contributed by atoms with Crippen molar-refractivity contribution >= 4 is 11.6 Å². The minimum atomic E-state index is -0.0751. The van der Waals surface area contributed by atoms with Gasteiger partial charge in [-0.15, -0.1) is 0 Å². The maximum Gasteiger partial charge on any atom is 0.0644 e. The number of nitrogens with two attached hydrogens (primary N) is 1. The highest BCUT2D eigenvalue weighted by atomic mass is 35.5. The molecule has 0 radical (unpaired) electrons. The first-order chi connectivity index (χ1) is 8.90. The van der Waals surface area contributed by atoms with Gasteiger partial charge in [-0.05, 0) is 44.4 Å². The molecule has 0 aliphatic heterocycles. The average Bonchev–Trinajstić information content (AvgIpc) is 2.57. The molecule has 0 aliphatic carbocycles. The van der Waals surface area contributed by atoms with Crippen LogP contribution in [0.25, 0.3) is 0 Å². The first kappa shape index (κ1) is 14.1. The van der Waals surface area contributed by atoms with Crippen LogP contribution in [0.2, 0.25) is 5.02 Å². The highest BCUT2D eigenvalue weighted by Gasteiger charge is 2.18. The number of nitrogens with zero attached hydrogens (tertiary/aromatic N) is 2. The largest absolute Gasteiger partial charge is 0.324 e. The Morgan fingerprint density at radius 1 is 1.32 bits per heavy atom. The summed E-state index contributed by atoms with van der Waals surface area (Å²) in [5, 5.41) is 5.20. The Balaban J connectivity index is 2.28. The molecule has 0 bridgehead atoms. The van der Waals surface area contributed by atoms with E-state index in [0.29, 0.717) is 0 Å². The van der Waals surface area contributed by atoms with Gasteiger partial charge in [-0.3, -0.25) is 4.68 Å². The van der Waals surface area contributed by atoms with Crippen molar-refractivity contribution in [3.05, 3.63) is 51.3 Å². The van der Waals surface area contributed by atoms with Crippen LogP contribution in [0.4, 0.5) is 0 Å². The predicted octanol–water partition coefficient (Wildman–Crippen LogP) is 3.24. The van der Waals surface area contributed by atoms with Crippen LogP contribution in [0.5, 0.6) is 0 Å². The summed E-state index contributed by atoms with van der Waals surface area (Å²) in [6.45, 7) is 6.08. The molecule has 102 valence electrons. The molecule has 0 aliphatic rings. The van der Waals surface area contributed by atoms with Gasteiger partial charge in [0.1, 0.15) is 0 Å². The highest BCUT2D eigenvalue weighted by Crippen LogP contribution is 2.26. The van der Waals surface area contributed by atoms with Gasteiger partial charge < -0.3 is 5.73 Å². The molecule has 1 aromatic carbocycles. The fraction of sp³-hybridized carbons (Fsp3) is 0.400. The fourth-order valence-electron chi connectivity index (χ4n) is 2.48. The van der Waals surface area contributed by atoms with Gasteiger partial charge in [0, 0.05) is 29.4 Å². The summed E-state index contributed by atoms with van der Waals surface area (Å²) in [5.74, 6) is 0. The van der Waals surface area contributed by atoms with Crippen LogP contribution in [0.15, 0.2) is 18.2 Å². The standard InChI is InChI=1S/C15H20ClN3/c1-9-5-6-12(13(16)7-9)8-14(17)15-10(2)18-19(4)11(15)3/h5-7,14H,8,17H2,1-4H3. The van der Waals surface area contributed by atoms with Crippen LogP contribution in [-0.4, -0.2) is 9.78 Å². The zero-order valence-corrected chi connectivity index (χ0v) is 12.6. The molecule has 0 saturated heterocycles. The van der Waals surface area contributed by atoms with Crippen LogP contribution in [0.1, 0.15) is 34.1 Å². The summed E-state index contributed by atoms with van der Waals surface area (Å²) in [6, 6.07) is 6.02. The lowest BCUT2D eigenvalue weighted by Gasteiger charge is -2.14. The maximum absolute atomic E-state index is 6.34. The first-order valence-electron chi connectivity index (χ1n) is 6.41. The smallest absolute Gasteiger partial charge is 0.0644 e. The second-order valence-corrected chi connectivity index (χ2v) is 5.52. The molecule has 1 unspecified atom stereocenters. The Kier molecular flexibility index (Phi) is 3.97. The lowest BCUT2D eigenvalue weighted by Crippen LogP contribution is -2.15. The lowest BCUT2D eigenvalue weighted by atomic mass is 9.97. The third-order valence-electron chi connectivity index (χ3n) is 3.58. The number of aryl methyl sites for hydroxylation is 3. The van der Waals surface area contributed by atoms with Crippen LogP contribution in [0, 0.1) is 20.8 Å². The highest BCUT2D eigenvalue weighted by molar-refractivity contribution is 6.31. The first-order valence-corrected chi connectivity index (χ1v) is 6.78. The summed E-state index contributed by atoms with van der Waals surface area (Å²) in [7, 11) is 1.94. The summed E-state index contributed by atoms with van der Waals surface area (Å²) >= 11 is 6.27. The SMILES string of the molecule is Cc1ccc(CC(N)c2c(C)nn(C)c2C)c(Cl)c1. The van der Waals surface area contributed by atoms with E-state index in [2.05, 4.69) is 17.2 Å². The summed E-state index contributed by atoms with van der Waals surface area (Å²) in [4.78, 5) is 0. The van der Waals surface area contributed by atoms with E-state index in [1.54, 1.807) is 0 Å². The molecule has 1 aromatic heterocycles. The van der Waals surface area contributed by atoms with E-state index in [-0.39, 0.29) is 6.04 Å². The van der Waals surface area contributed by atoms with Gasteiger partial charge in [0.15, 0.2) is 0 Å². The van der Waals surface area contributed by atoms with Crippen molar-refractivity contribution in [3.8, 4) is 0 Å². The van der Waals surface area contributed by atoms with Crippen molar-refractivity contribution < 1.29 is 0 Å². The maximum atomic E-state index is 6.34. The van der Waals surface area contributed by atoms with E-state index >= 15 is 0 Å². The van der Waals surface area contributed by atoms with Crippen molar-refractivity contribution in [2.45, 2.75) is 33.2 Å². The molecule has 19 heavy (non-hydrogen) atoms. The monoisotopic (exact) mass is 277 g/mol. The van der Waals surface area contributed by atoms with Crippen LogP contribution in [-0.2, 0) is 13.5 Å². The molecule has 1 heterocycles. The normalized spacial score (nSPS) is 12.7. The molecule has 0 saturated carbocycles. The zero-order valence-electron chi connectivity index (χ0n) is 11.9. The van der Waals surface area contributed by atoms with Gasteiger partial charge in [-0.1, -0.05) is 23.7 Å².